The van der Waals surface area contributed by atoms with Gasteiger partial charge in [-0.05, 0) is 0 Å². The van der Waals surface area contributed by atoms with E-state index in [1.807, 2.05) is 19.1 Å². The zero-order valence-electron chi connectivity index (χ0n) is 7.66. The van der Waals surface area contributed by atoms with Gasteiger partial charge >= 0.3 is 0 Å². The fourth-order valence-electron chi connectivity index (χ4n) is 1.29. The summed E-state index contributed by atoms with van der Waals surface area (Å²) in [7, 11) is 7.90. The summed E-state index contributed by atoms with van der Waals surface area (Å²) in [6.45, 7) is 1.39. The molecule has 1 amide bonds. The molecule has 1 rings (SSSR count). The third-order valence-electron chi connectivity index (χ3n) is 1.85. The van der Waals surface area contributed by atoms with Crippen molar-refractivity contribution < 1.29 is 9.28 Å². The maximum absolute atomic E-state index is 11.3. The SMILES string of the molecule is CN(C)N1C[N+](C)(C)CC1=O. The Labute approximate surface area is 67.5 Å². The lowest BCUT2D eigenvalue weighted by Crippen LogP contribution is -2.42. The monoisotopic (exact) mass is 158 g/mol. The number of rotatable bonds is 1. The highest BCUT2D eigenvalue weighted by Crippen LogP contribution is 2.11. The molecule has 1 fully saturated rings. The van der Waals surface area contributed by atoms with Crippen LogP contribution in [0.1, 0.15) is 0 Å². The number of hydrazine groups is 1. The average Bonchev–Trinajstić information content (AvgIpc) is 2.05. The molecule has 0 aliphatic carbocycles. The Morgan fingerprint density at radius 2 is 2.00 bits per heavy atom. The van der Waals surface area contributed by atoms with Gasteiger partial charge in [-0.2, -0.15) is 0 Å². The van der Waals surface area contributed by atoms with Crippen LogP contribution in [0.3, 0.4) is 0 Å². The molecule has 1 heterocycles. The minimum Gasteiger partial charge on any atom is -0.302 e. The van der Waals surface area contributed by atoms with E-state index in [9.17, 15) is 4.79 Å². The molecular weight excluding hydrogens is 142 g/mol. The highest BCUT2D eigenvalue weighted by atomic mass is 16.2. The molecular formula is C7H16N3O+. The van der Waals surface area contributed by atoms with Crippen molar-refractivity contribution in [1.82, 2.24) is 10.0 Å². The molecule has 0 bridgehead atoms. The lowest BCUT2D eigenvalue weighted by atomic mass is 10.5. The topological polar surface area (TPSA) is 23.6 Å². The van der Waals surface area contributed by atoms with Crippen LogP contribution in [0.25, 0.3) is 0 Å². The van der Waals surface area contributed by atoms with Crippen molar-refractivity contribution in [2.75, 3.05) is 41.4 Å². The first kappa shape index (κ1) is 8.49. The number of hydrogen-bond acceptors (Lipinski definition) is 2. The van der Waals surface area contributed by atoms with Gasteiger partial charge in [-0.15, -0.1) is 0 Å². The second-order valence-corrected chi connectivity index (χ2v) is 3.88. The van der Waals surface area contributed by atoms with Gasteiger partial charge in [0.25, 0.3) is 5.91 Å². The predicted molar refractivity (Wildman–Crippen MR) is 42.4 cm³/mol. The molecule has 0 aromatic heterocycles. The third-order valence-corrected chi connectivity index (χ3v) is 1.85. The molecule has 0 atom stereocenters. The molecule has 4 heteroatoms. The summed E-state index contributed by atoms with van der Waals surface area (Å²) in [5.41, 5.74) is 0. The Balaban J connectivity index is 2.67. The van der Waals surface area contributed by atoms with Crippen molar-refractivity contribution in [1.29, 1.82) is 0 Å². The van der Waals surface area contributed by atoms with Crippen molar-refractivity contribution in [3.05, 3.63) is 0 Å². The molecule has 1 aliphatic rings. The first-order valence-electron chi connectivity index (χ1n) is 3.72. The van der Waals surface area contributed by atoms with Crippen LogP contribution in [0, 0.1) is 0 Å². The Kier molecular flexibility index (Phi) is 1.90. The molecule has 0 unspecified atom stereocenters. The van der Waals surface area contributed by atoms with Gasteiger partial charge in [0.05, 0.1) is 14.1 Å². The van der Waals surface area contributed by atoms with E-state index in [4.69, 9.17) is 0 Å². The van der Waals surface area contributed by atoms with Crippen molar-refractivity contribution >= 4 is 5.91 Å². The maximum Gasteiger partial charge on any atom is 0.296 e. The molecule has 0 saturated carbocycles. The van der Waals surface area contributed by atoms with Crippen molar-refractivity contribution in [3.8, 4) is 0 Å². The van der Waals surface area contributed by atoms with Crippen LogP contribution in [-0.2, 0) is 4.79 Å². The van der Waals surface area contributed by atoms with Crippen LogP contribution < -0.4 is 0 Å². The Morgan fingerprint density at radius 1 is 1.45 bits per heavy atom. The van der Waals surface area contributed by atoms with Gasteiger partial charge < -0.3 is 4.48 Å². The number of hydrogen-bond donors (Lipinski definition) is 0. The number of likely N-dealkylation sites (N-methyl/N-ethyl adjacent to an activating group) is 1. The van der Waals surface area contributed by atoms with Crippen molar-refractivity contribution in [2.24, 2.45) is 0 Å². The van der Waals surface area contributed by atoms with Gasteiger partial charge in [-0.25, -0.2) is 10.0 Å². The molecule has 0 N–H and O–H groups in total. The zero-order chi connectivity index (χ0) is 8.65. The van der Waals surface area contributed by atoms with E-state index in [0.29, 0.717) is 6.54 Å². The van der Waals surface area contributed by atoms with Crippen molar-refractivity contribution in [2.45, 2.75) is 0 Å². The Bertz CT molecular complexity index is 177. The highest BCUT2D eigenvalue weighted by Gasteiger charge is 2.36. The second kappa shape index (κ2) is 2.46. The van der Waals surface area contributed by atoms with E-state index in [0.717, 1.165) is 11.2 Å². The van der Waals surface area contributed by atoms with E-state index in [1.54, 1.807) is 5.01 Å². The molecule has 0 aromatic rings. The zero-order valence-corrected chi connectivity index (χ0v) is 7.66. The van der Waals surface area contributed by atoms with Gasteiger partial charge in [0.15, 0.2) is 13.2 Å². The molecule has 1 aliphatic heterocycles. The quantitative estimate of drug-likeness (QED) is 0.473. The van der Waals surface area contributed by atoms with Gasteiger partial charge in [0, 0.05) is 14.1 Å². The number of amides is 1. The van der Waals surface area contributed by atoms with Crippen LogP contribution >= 0.6 is 0 Å². The second-order valence-electron chi connectivity index (χ2n) is 3.88. The standard InChI is InChI=1S/C7H16N3O/c1-8(2)9-6-10(3,4)5-7(9)11/h5-6H2,1-4H3/q+1. The maximum atomic E-state index is 11.3. The van der Waals surface area contributed by atoms with Crippen LogP contribution in [0.4, 0.5) is 0 Å². The summed E-state index contributed by atoms with van der Waals surface area (Å²) >= 11 is 0. The van der Waals surface area contributed by atoms with Crippen LogP contribution in [0.5, 0.6) is 0 Å². The Morgan fingerprint density at radius 3 is 2.18 bits per heavy atom. The first-order chi connectivity index (χ1) is 4.92. The van der Waals surface area contributed by atoms with Gasteiger partial charge in [-0.3, -0.25) is 4.79 Å². The van der Waals surface area contributed by atoms with Crippen LogP contribution in [0.2, 0.25) is 0 Å². The minimum absolute atomic E-state index is 0.208. The van der Waals surface area contributed by atoms with Gasteiger partial charge in [0.2, 0.25) is 0 Å². The number of carbonyl (C=O) groups excluding carboxylic acids is 1. The van der Waals surface area contributed by atoms with Gasteiger partial charge in [0.1, 0.15) is 0 Å². The summed E-state index contributed by atoms with van der Waals surface area (Å²) in [5.74, 6) is 0.208. The fraction of sp³-hybridized carbons (Fsp3) is 0.857. The molecule has 64 valence electrons. The summed E-state index contributed by atoms with van der Waals surface area (Å²) in [4.78, 5) is 11.3. The van der Waals surface area contributed by atoms with Crippen molar-refractivity contribution in [3.63, 3.8) is 0 Å². The number of quaternary nitrogens is 1. The normalized spacial score (nSPS) is 23.4. The van der Waals surface area contributed by atoms with E-state index in [1.165, 1.54) is 0 Å². The molecule has 0 aromatic carbocycles. The predicted octanol–water partition coefficient (Wildman–Crippen LogP) is -0.661. The van der Waals surface area contributed by atoms with Gasteiger partial charge in [-0.1, -0.05) is 0 Å². The average molecular weight is 158 g/mol. The lowest BCUT2D eigenvalue weighted by Gasteiger charge is -2.25. The van der Waals surface area contributed by atoms with E-state index < -0.39 is 0 Å². The summed E-state index contributed by atoms with van der Waals surface area (Å²) < 4.78 is 0.761. The summed E-state index contributed by atoms with van der Waals surface area (Å²) in [5, 5.41) is 3.61. The van der Waals surface area contributed by atoms with Crippen LogP contribution in [-0.4, -0.2) is 61.8 Å². The molecule has 0 spiro atoms. The molecule has 0 radical (unpaired) electrons. The summed E-state index contributed by atoms with van der Waals surface area (Å²) in [6, 6.07) is 0. The largest absolute Gasteiger partial charge is 0.302 e. The first-order valence-corrected chi connectivity index (χ1v) is 3.72. The van der Waals surface area contributed by atoms with E-state index in [-0.39, 0.29) is 5.91 Å². The number of carbonyl (C=O) groups is 1. The smallest absolute Gasteiger partial charge is 0.296 e. The summed E-state index contributed by atoms with van der Waals surface area (Å²) in [6.07, 6.45) is 0. The third kappa shape index (κ3) is 1.70. The molecule has 4 nitrogen and oxygen atoms in total. The minimum atomic E-state index is 0.208. The fourth-order valence-corrected chi connectivity index (χ4v) is 1.29. The van der Waals surface area contributed by atoms with Crippen LogP contribution in [0.15, 0.2) is 0 Å². The highest BCUT2D eigenvalue weighted by molar-refractivity contribution is 5.77. The lowest BCUT2D eigenvalue weighted by molar-refractivity contribution is -0.881. The van der Waals surface area contributed by atoms with E-state index >= 15 is 0 Å². The molecule has 11 heavy (non-hydrogen) atoms. The number of nitrogens with zero attached hydrogens (tertiary/aromatic N) is 3. The molecule has 1 saturated heterocycles. The van der Waals surface area contributed by atoms with E-state index in [2.05, 4.69) is 14.1 Å². The Hall–Kier alpha value is -0.610.